The van der Waals surface area contributed by atoms with Crippen LogP contribution in [0.1, 0.15) is 29.5 Å². The van der Waals surface area contributed by atoms with Gasteiger partial charge in [-0.2, -0.15) is 0 Å². The molecule has 2 aromatic carbocycles. The summed E-state index contributed by atoms with van der Waals surface area (Å²) in [6, 6.07) is 12.1. The molecule has 4 amide bonds. The minimum absolute atomic E-state index is 0.0330. The summed E-state index contributed by atoms with van der Waals surface area (Å²) < 4.78 is 0. The lowest BCUT2D eigenvalue weighted by Crippen LogP contribution is -2.53. The van der Waals surface area contributed by atoms with Crippen LogP contribution in [0.2, 0.25) is 5.02 Å². The molecule has 0 aromatic heterocycles. The maximum absolute atomic E-state index is 13.7. The molecule has 4 atom stereocenters. The highest BCUT2D eigenvalue weighted by Crippen LogP contribution is 2.54. The number of anilines is 1. The predicted molar refractivity (Wildman–Crippen MR) is 121 cm³/mol. The summed E-state index contributed by atoms with van der Waals surface area (Å²) in [5, 5.41) is 6.66. The largest absolute Gasteiger partial charge is 0.370 e. The normalized spacial score (nSPS) is 27.8. The molecule has 170 valence electrons. The Balaban J connectivity index is 1.61. The summed E-state index contributed by atoms with van der Waals surface area (Å²) in [6.45, 7) is 1.92. The highest BCUT2D eigenvalue weighted by atomic mass is 35.5. The quantitative estimate of drug-likeness (QED) is 0.580. The Morgan fingerprint density at radius 1 is 1.12 bits per heavy atom. The van der Waals surface area contributed by atoms with Crippen LogP contribution in [0, 0.1) is 18.8 Å². The van der Waals surface area contributed by atoms with E-state index in [0.717, 1.165) is 5.56 Å². The number of hydrogen-bond acceptors (Lipinski definition) is 5. The third-order valence-corrected chi connectivity index (χ3v) is 7.47. The van der Waals surface area contributed by atoms with Gasteiger partial charge in [-0.3, -0.25) is 29.4 Å². The van der Waals surface area contributed by atoms with Gasteiger partial charge in [-0.25, -0.2) is 0 Å². The van der Waals surface area contributed by atoms with Crippen molar-refractivity contribution in [1.82, 2.24) is 10.2 Å². The van der Waals surface area contributed by atoms with Crippen molar-refractivity contribution in [3.05, 3.63) is 64.2 Å². The second-order valence-electron chi connectivity index (χ2n) is 8.86. The SMILES string of the molecule is Cc1c(Cl)ccc2c1NC(=O)C21NC(CCC(N)=O)[C@H]2C(=O)N(Cc3ccccc3)C(=O)[C@H]21. The molecule has 4 N–H and O–H groups in total. The van der Waals surface area contributed by atoms with Gasteiger partial charge in [-0.05, 0) is 30.5 Å². The van der Waals surface area contributed by atoms with Gasteiger partial charge in [0.2, 0.25) is 23.6 Å². The van der Waals surface area contributed by atoms with E-state index in [4.69, 9.17) is 17.3 Å². The summed E-state index contributed by atoms with van der Waals surface area (Å²) in [6.07, 6.45) is 0.275. The molecule has 3 aliphatic rings. The summed E-state index contributed by atoms with van der Waals surface area (Å²) in [5.74, 6) is -3.38. The molecule has 33 heavy (non-hydrogen) atoms. The van der Waals surface area contributed by atoms with Crippen LogP contribution < -0.4 is 16.4 Å². The Kier molecular flexibility index (Phi) is 5.02. The number of imide groups is 1. The summed E-state index contributed by atoms with van der Waals surface area (Å²) in [4.78, 5) is 53.5. The fourth-order valence-electron chi connectivity index (χ4n) is 5.52. The van der Waals surface area contributed by atoms with Crippen LogP contribution in [0.4, 0.5) is 5.69 Å². The first kappa shape index (κ1) is 21.6. The van der Waals surface area contributed by atoms with Crippen molar-refractivity contribution >= 4 is 40.9 Å². The zero-order valence-electron chi connectivity index (χ0n) is 17.9. The Bertz CT molecular complexity index is 1200. The molecule has 2 saturated heterocycles. The number of carbonyl (C=O) groups is 4. The number of rotatable bonds is 5. The van der Waals surface area contributed by atoms with Crippen LogP contribution >= 0.6 is 11.6 Å². The van der Waals surface area contributed by atoms with Gasteiger partial charge >= 0.3 is 0 Å². The lowest BCUT2D eigenvalue weighted by atomic mass is 9.76. The van der Waals surface area contributed by atoms with Gasteiger partial charge in [0.05, 0.1) is 24.1 Å². The van der Waals surface area contributed by atoms with Crippen molar-refractivity contribution in [1.29, 1.82) is 0 Å². The van der Waals surface area contributed by atoms with E-state index < -0.39 is 41.1 Å². The Morgan fingerprint density at radius 3 is 2.55 bits per heavy atom. The molecule has 0 aliphatic carbocycles. The van der Waals surface area contributed by atoms with E-state index in [1.807, 2.05) is 30.3 Å². The van der Waals surface area contributed by atoms with E-state index in [-0.39, 0.29) is 25.3 Å². The average Bonchev–Trinajstić information content (AvgIpc) is 3.37. The van der Waals surface area contributed by atoms with E-state index in [1.165, 1.54) is 4.90 Å². The zero-order valence-corrected chi connectivity index (χ0v) is 18.7. The number of halogens is 1. The molecule has 0 bridgehead atoms. The van der Waals surface area contributed by atoms with Crippen LogP contribution in [-0.2, 0) is 31.3 Å². The van der Waals surface area contributed by atoms with Crippen LogP contribution in [-0.4, -0.2) is 34.6 Å². The zero-order chi connectivity index (χ0) is 23.5. The number of amides is 4. The predicted octanol–water partition coefficient (Wildman–Crippen LogP) is 1.83. The average molecular weight is 467 g/mol. The van der Waals surface area contributed by atoms with Crippen LogP contribution in [0.15, 0.2) is 42.5 Å². The van der Waals surface area contributed by atoms with Gasteiger partial charge in [0.1, 0.15) is 5.54 Å². The summed E-state index contributed by atoms with van der Waals surface area (Å²) >= 11 is 6.27. The fraction of sp³-hybridized carbons (Fsp3) is 0.333. The lowest BCUT2D eigenvalue weighted by Gasteiger charge is -2.29. The smallest absolute Gasteiger partial charge is 0.250 e. The first-order valence-electron chi connectivity index (χ1n) is 10.8. The standard InChI is InChI=1S/C24H23ClN4O4/c1-12-15(25)8-7-14-20(12)27-23(33)24(14)19-18(16(28-24)9-10-17(26)30)21(31)29(22(19)32)11-13-5-3-2-4-6-13/h2-8,16,18-19,28H,9-11H2,1H3,(H2,26,30)(H,27,33)/t16?,18-,19+,24?/m1/s1. The van der Waals surface area contributed by atoms with Crippen LogP contribution in [0.25, 0.3) is 0 Å². The van der Waals surface area contributed by atoms with Crippen molar-refractivity contribution in [2.75, 3.05) is 5.32 Å². The molecule has 2 fully saturated rings. The maximum atomic E-state index is 13.7. The number of nitrogens with zero attached hydrogens (tertiary/aromatic N) is 1. The van der Waals surface area contributed by atoms with E-state index in [9.17, 15) is 19.2 Å². The van der Waals surface area contributed by atoms with Gasteiger partial charge in [-0.1, -0.05) is 48.0 Å². The number of fused-ring (bicyclic) bond motifs is 4. The van der Waals surface area contributed by atoms with Gasteiger partial charge in [-0.15, -0.1) is 0 Å². The van der Waals surface area contributed by atoms with Crippen molar-refractivity contribution in [2.24, 2.45) is 17.6 Å². The fourth-order valence-corrected chi connectivity index (χ4v) is 5.67. The summed E-state index contributed by atoms with van der Waals surface area (Å²) in [7, 11) is 0. The Hall–Kier alpha value is -3.23. The molecule has 3 heterocycles. The molecule has 8 nitrogen and oxygen atoms in total. The monoisotopic (exact) mass is 466 g/mol. The Morgan fingerprint density at radius 2 is 1.85 bits per heavy atom. The minimum atomic E-state index is -1.42. The molecule has 1 spiro atoms. The molecule has 5 rings (SSSR count). The van der Waals surface area contributed by atoms with Crippen LogP contribution in [0.3, 0.4) is 0 Å². The number of carbonyl (C=O) groups excluding carboxylic acids is 4. The molecule has 0 radical (unpaired) electrons. The molecule has 2 unspecified atom stereocenters. The van der Waals surface area contributed by atoms with Crippen molar-refractivity contribution in [2.45, 2.75) is 37.9 Å². The second kappa shape index (κ2) is 7.67. The van der Waals surface area contributed by atoms with Gasteiger partial charge in [0.25, 0.3) is 0 Å². The number of likely N-dealkylation sites (tertiary alicyclic amines) is 1. The van der Waals surface area contributed by atoms with Gasteiger partial charge < -0.3 is 11.1 Å². The third kappa shape index (κ3) is 3.08. The van der Waals surface area contributed by atoms with Crippen molar-refractivity contribution in [3.8, 4) is 0 Å². The summed E-state index contributed by atoms with van der Waals surface area (Å²) in [5.41, 5.74) is 6.59. The highest BCUT2D eigenvalue weighted by molar-refractivity contribution is 6.32. The van der Waals surface area contributed by atoms with Crippen molar-refractivity contribution < 1.29 is 19.2 Å². The first-order chi connectivity index (χ1) is 15.8. The molecular formula is C24H23ClN4O4. The van der Waals surface area contributed by atoms with E-state index in [1.54, 1.807) is 19.1 Å². The number of hydrogen-bond donors (Lipinski definition) is 3. The number of benzene rings is 2. The number of nitrogens with one attached hydrogen (secondary N) is 2. The number of primary amides is 1. The lowest BCUT2D eigenvalue weighted by molar-refractivity contribution is -0.143. The molecule has 9 heteroatoms. The van der Waals surface area contributed by atoms with E-state index in [0.29, 0.717) is 21.8 Å². The number of nitrogens with two attached hydrogens (primary N) is 1. The van der Waals surface area contributed by atoms with Crippen molar-refractivity contribution in [3.63, 3.8) is 0 Å². The third-order valence-electron chi connectivity index (χ3n) is 7.06. The molecule has 0 saturated carbocycles. The maximum Gasteiger partial charge on any atom is 0.250 e. The van der Waals surface area contributed by atoms with E-state index in [2.05, 4.69) is 10.6 Å². The minimum Gasteiger partial charge on any atom is -0.370 e. The molecule has 3 aliphatic heterocycles. The Labute approximate surface area is 195 Å². The van der Waals surface area contributed by atoms with Gasteiger partial charge in [0.15, 0.2) is 0 Å². The molecule has 2 aromatic rings. The topological polar surface area (TPSA) is 122 Å². The highest BCUT2D eigenvalue weighted by Gasteiger charge is 2.70. The van der Waals surface area contributed by atoms with Gasteiger partial charge in [0, 0.05) is 23.0 Å². The first-order valence-corrected chi connectivity index (χ1v) is 11.2. The van der Waals surface area contributed by atoms with E-state index >= 15 is 0 Å². The van der Waals surface area contributed by atoms with Crippen LogP contribution in [0.5, 0.6) is 0 Å². The second-order valence-corrected chi connectivity index (χ2v) is 9.27. The molecular weight excluding hydrogens is 444 g/mol.